The molecular formula is C32H30N2O6S. The number of carbonyl (C=O) groups is 2. The first-order chi connectivity index (χ1) is 19.8. The van der Waals surface area contributed by atoms with E-state index in [0.29, 0.717) is 40.1 Å². The Bertz CT molecular complexity index is 1690. The van der Waals surface area contributed by atoms with Crippen molar-refractivity contribution >= 4 is 44.1 Å². The fourth-order valence-corrected chi connectivity index (χ4v) is 6.11. The number of Topliss-reactive ketones (excluding diaryl/α,β-unsaturated/α-hetero) is 1. The number of thiazole rings is 1. The van der Waals surface area contributed by atoms with Gasteiger partial charge in [-0.1, -0.05) is 36.1 Å². The number of aliphatic hydroxyl groups excluding tert-OH is 1. The van der Waals surface area contributed by atoms with Crippen molar-refractivity contribution in [3.8, 4) is 17.2 Å². The summed E-state index contributed by atoms with van der Waals surface area (Å²) in [5.74, 6) is -0.345. The van der Waals surface area contributed by atoms with Crippen LogP contribution in [0.5, 0.6) is 17.2 Å². The van der Waals surface area contributed by atoms with Gasteiger partial charge in [0.1, 0.15) is 18.1 Å². The summed E-state index contributed by atoms with van der Waals surface area (Å²) in [6.45, 7) is 10.2. The number of carbonyl (C=O) groups excluding carboxylic acids is 2. The zero-order chi connectivity index (χ0) is 29.3. The van der Waals surface area contributed by atoms with E-state index in [1.165, 1.54) is 16.2 Å². The quantitative estimate of drug-likeness (QED) is 0.106. The van der Waals surface area contributed by atoms with Gasteiger partial charge < -0.3 is 19.3 Å². The Morgan fingerprint density at radius 3 is 2.51 bits per heavy atom. The van der Waals surface area contributed by atoms with E-state index in [4.69, 9.17) is 19.2 Å². The first-order valence-electron chi connectivity index (χ1n) is 13.1. The van der Waals surface area contributed by atoms with E-state index in [1.54, 1.807) is 55.7 Å². The van der Waals surface area contributed by atoms with Crippen molar-refractivity contribution in [2.45, 2.75) is 26.8 Å². The lowest BCUT2D eigenvalue weighted by molar-refractivity contribution is -0.132. The van der Waals surface area contributed by atoms with E-state index in [0.717, 1.165) is 21.3 Å². The van der Waals surface area contributed by atoms with Crippen LogP contribution in [0.3, 0.4) is 0 Å². The summed E-state index contributed by atoms with van der Waals surface area (Å²) in [4.78, 5) is 33.5. The summed E-state index contributed by atoms with van der Waals surface area (Å²) in [5.41, 5.74) is 3.68. The summed E-state index contributed by atoms with van der Waals surface area (Å²) in [7, 11) is 1.54. The molecule has 1 fully saturated rings. The van der Waals surface area contributed by atoms with E-state index in [9.17, 15) is 14.7 Å². The Hall–Kier alpha value is -4.63. The third-order valence-electron chi connectivity index (χ3n) is 6.77. The number of hydrogen-bond donors (Lipinski definition) is 1. The Balaban J connectivity index is 1.73. The summed E-state index contributed by atoms with van der Waals surface area (Å²) >= 11 is 1.32. The molecule has 41 heavy (non-hydrogen) atoms. The predicted octanol–water partition coefficient (Wildman–Crippen LogP) is 6.51. The zero-order valence-electron chi connectivity index (χ0n) is 23.3. The van der Waals surface area contributed by atoms with Crippen molar-refractivity contribution in [1.29, 1.82) is 0 Å². The molecule has 1 N–H and O–H groups in total. The number of aromatic nitrogens is 1. The second-order valence-electron chi connectivity index (χ2n) is 9.56. The molecule has 1 saturated heterocycles. The highest BCUT2D eigenvalue weighted by molar-refractivity contribution is 7.22. The summed E-state index contributed by atoms with van der Waals surface area (Å²) in [5, 5.41) is 11.8. The van der Waals surface area contributed by atoms with E-state index < -0.39 is 17.7 Å². The van der Waals surface area contributed by atoms with Gasteiger partial charge in [-0.05, 0) is 79.9 Å². The molecule has 1 aliphatic rings. The van der Waals surface area contributed by atoms with Crippen LogP contribution in [-0.2, 0) is 9.59 Å². The largest absolute Gasteiger partial charge is 0.507 e. The van der Waals surface area contributed by atoms with Crippen LogP contribution in [0.4, 0.5) is 5.13 Å². The molecule has 4 aromatic rings. The lowest BCUT2D eigenvalue weighted by Gasteiger charge is -2.24. The van der Waals surface area contributed by atoms with Gasteiger partial charge in [0.15, 0.2) is 16.6 Å². The minimum Gasteiger partial charge on any atom is -0.507 e. The number of nitrogens with zero attached hydrogens (tertiary/aromatic N) is 2. The molecule has 2 heterocycles. The predicted molar refractivity (Wildman–Crippen MR) is 160 cm³/mol. The SMILES string of the molecule is C=CCOc1ccc(C2/C(=C(\O)c3ccc(OC)cc3)C(=O)C(=O)N2c2nc3c(C)cc(C)cc3s2)cc1OCC. The Morgan fingerprint density at radius 2 is 1.83 bits per heavy atom. The average molecular weight is 571 g/mol. The smallest absolute Gasteiger partial charge is 0.301 e. The molecule has 0 saturated carbocycles. The van der Waals surface area contributed by atoms with Gasteiger partial charge >= 0.3 is 5.91 Å². The third kappa shape index (κ3) is 5.16. The van der Waals surface area contributed by atoms with Crippen LogP contribution in [0.15, 0.2) is 72.8 Å². The van der Waals surface area contributed by atoms with Crippen LogP contribution in [0, 0.1) is 13.8 Å². The maximum absolute atomic E-state index is 13.7. The van der Waals surface area contributed by atoms with Crippen molar-refractivity contribution in [3.63, 3.8) is 0 Å². The minimum atomic E-state index is -0.966. The Morgan fingerprint density at radius 1 is 1.07 bits per heavy atom. The highest BCUT2D eigenvalue weighted by Gasteiger charge is 2.48. The molecule has 1 aliphatic heterocycles. The van der Waals surface area contributed by atoms with Crippen molar-refractivity contribution in [3.05, 3.63) is 95.1 Å². The van der Waals surface area contributed by atoms with Gasteiger partial charge in [0.05, 0.1) is 35.5 Å². The van der Waals surface area contributed by atoms with E-state index in [2.05, 4.69) is 6.58 Å². The maximum atomic E-state index is 13.7. The molecule has 1 unspecified atom stereocenters. The fourth-order valence-electron chi connectivity index (χ4n) is 4.94. The van der Waals surface area contributed by atoms with Gasteiger partial charge in [0, 0.05) is 5.56 Å². The molecule has 0 aliphatic carbocycles. The Kier molecular flexibility index (Phi) is 7.81. The lowest BCUT2D eigenvalue weighted by atomic mass is 9.95. The molecule has 8 nitrogen and oxygen atoms in total. The summed E-state index contributed by atoms with van der Waals surface area (Å²) in [6.07, 6.45) is 1.63. The molecule has 3 aromatic carbocycles. The number of ketones is 1. The van der Waals surface area contributed by atoms with Crippen LogP contribution in [0.25, 0.3) is 16.0 Å². The number of fused-ring (bicyclic) bond motifs is 1. The Labute approximate surface area is 242 Å². The zero-order valence-corrected chi connectivity index (χ0v) is 24.1. The van der Waals surface area contributed by atoms with Gasteiger partial charge in [0.2, 0.25) is 0 Å². The number of rotatable bonds is 9. The van der Waals surface area contributed by atoms with Crippen molar-refractivity contribution in [1.82, 2.24) is 4.98 Å². The summed E-state index contributed by atoms with van der Waals surface area (Å²) in [6, 6.07) is 14.9. The number of benzene rings is 3. The lowest BCUT2D eigenvalue weighted by Crippen LogP contribution is -2.29. The summed E-state index contributed by atoms with van der Waals surface area (Å²) < 4.78 is 17.8. The fraction of sp³-hybridized carbons (Fsp3) is 0.219. The number of amides is 1. The average Bonchev–Trinajstić information content (AvgIpc) is 3.50. The van der Waals surface area contributed by atoms with Crippen molar-refractivity contribution in [2.24, 2.45) is 0 Å². The highest BCUT2D eigenvalue weighted by atomic mass is 32.1. The molecule has 9 heteroatoms. The van der Waals surface area contributed by atoms with E-state index >= 15 is 0 Å². The molecule has 1 atom stereocenters. The monoisotopic (exact) mass is 570 g/mol. The van der Waals surface area contributed by atoms with Crippen LogP contribution < -0.4 is 19.1 Å². The second-order valence-corrected chi connectivity index (χ2v) is 10.6. The number of aliphatic hydroxyl groups is 1. The molecule has 1 aromatic heterocycles. The van der Waals surface area contributed by atoms with E-state index in [1.807, 2.05) is 32.9 Å². The van der Waals surface area contributed by atoms with Crippen molar-refractivity contribution in [2.75, 3.05) is 25.2 Å². The van der Waals surface area contributed by atoms with Crippen LogP contribution in [0.2, 0.25) is 0 Å². The van der Waals surface area contributed by atoms with Crippen LogP contribution in [0.1, 0.15) is 35.2 Å². The molecule has 0 radical (unpaired) electrons. The maximum Gasteiger partial charge on any atom is 0.301 e. The van der Waals surface area contributed by atoms with E-state index in [-0.39, 0.29) is 17.9 Å². The van der Waals surface area contributed by atoms with Gasteiger partial charge in [-0.15, -0.1) is 0 Å². The normalized spacial score (nSPS) is 16.3. The van der Waals surface area contributed by atoms with Gasteiger partial charge in [-0.25, -0.2) is 4.98 Å². The number of ether oxygens (including phenoxy) is 3. The van der Waals surface area contributed by atoms with Crippen molar-refractivity contribution < 1.29 is 28.9 Å². The number of anilines is 1. The number of aryl methyl sites for hydroxylation is 2. The molecular weight excluding hydrogens is 540 g/mol. The van der Waals surface area contributed by atoms with Crippen LogP contribution >= 0.6 is 11.3 Å². The standard InChI is InChI=1S/C32H30N2O6S/c1-6-14-40-23-13-10-21(17-24(23)39-7-2)28-26(29(35)20-8-11-22(38-5)12-9-20)30(36)31(37)34(28)32-33-27-19(4)15-18(3)16-25(27)41-32/h6,8-13,15-17,28,35H,1,7,14H2,2-5H3/b29-26+. The van der Waals surface area contributed by atoms with Crippen LogP contribution in [-0.4, -0.2) is 42.1 Å². The molecule has 5 rings (SSSR count). The minimum absolute atomic E-state index is 0.0467. The first kappa shape index (κ1) is 27.9. The molecule has 0 bridgehead atoms. The van der Waals surface area contributed by atoms with Gasteiger partial charge in [-0.3, -0.25) is 14.5 Å². The first-order valence-corrected chi connectivity index (χ1v) is 13.9. The van der Waals surface area contributed by atoms with Gasteiger partial charge in [-0.2, -0.15) is 0 Å². The molecule has 0 spiro atoms. The number of hydrogen-bond acceptors (Lipinski definition) is 8. The number of methoxy groups -OCH3 is 1. The second kappa shape index (κ2) is 11.5. The topological polar surface area (TPSA) is 98.2 Å². The molecule has 210 valence electrons. The van der Waals surface area contributed by atoms with Gasteiger partial charge in [0.25, 0.3) is 5.78 Å². The molecule has 1 amide bonds. The third-order valence-corrected chi connectivity index (χ3v) is 7.77. The highest BCUT2D eigenvalue weighted by Crippen LogP contribution is 2.46.